The lowest BCUT2D eigenvalue weighted by molar-refractivity contribution is 0.912. The first-order valence-electron chi connectivity index (χ1n) is 8.38. The lowest BCUT2D eigenvalue weighted by Crippen LogP contribution is -2.02. The lowest BCUT2D eigenvalue weighted by atomic mass is 10.1. The third-order valence-corrected chi connectivity index (χ3v) is 5.08. The normalized spacial score (nSPS) is 13.4. The van der Waals surface area contributed by atoms with Gasteiger partial charge in [-0.3, -0.25) is 5.10 Å². The monoisotopic (exact) mass is 341 g/mol. The first kappa shape index (κ1) is 15.3. The fourth-order valence-electron chi connectivity index (χ4n) is 3.57. The van der Waals surface area contributed by atoms with Crippen LogP contribution in [-0.2, 0) is 19.3 Å². The van der Waals surface area contributed by atoms with Crippen LogP contribution in [0.15, 0.2) is 18.2 Å². The van der Waals surface area contributed by atoms with Crippen molar-refractivity contribution in [3.8, 4) is 0 Å². The summed E-state index contributed by atoms with van der Waals surface area (Å²) < 4.78 is 0. The van der Waals surface area contributed by atoms with Crippen molar-refractivity contribution in [2.45, 2.75) is 39.0 Å². The molecule has 0 aliphatic heterocycles. The topological polar surface area (TPSA) is 79.6 Å². The summed E-state index contributed by atoms with van der Waals surface area (Å²) in [6.45, 7) is 2.12. The summed E-state index contributed by atoms with van der Waals surface area (Å²) in [6.07, 6.45) is 5.25. The number of nitrogens with one attached hydrogen (secondary N) is 2. The van der Waals surface area contributed by atoms with Gasteiger partial charge in [-0.05, 0) is 48.4 Å². The molecule has 6 heteroatoms. The first-order chi connectivity index (χ1) is 11.7. The maximum absolute atomic E-state index is 6.67. The van der Waals surface area contributed by atoms with E-state index in [9.17, 15) is 0 Å². The zero-order valence-corrected chi connectivity index (χ0v) is 14.4. The molecule has 4 N–H and O–H groups in total. The average Bonchev–Trinajstić information content (AvgIpc) is 3.19. The van der Waals surface area contributed by atoms with Gasteiger partial charge in [-0.1, -0.05) is 37.1 Å². The van der Waals surface area contributed by atoms with Crippen molar-refractivity contribution in [3.05, 3.63) is 39.9 Å². The van der Waals surface area contributed by atoms with Gasteiger partial charge < -0.3 is 11.1 Å². The highest BCUT2D eigenvalue weighted by Crippen LogP contribution is 2.37. The predicted molar refractivity (Wildman–Crippen MR) is 99.1 cm³/mol. The summed E-state index contributed by atoms with van der Waals surface area (Å²) in [4.78, 5) is 4.62. The van der Waals surface area contributed by atoms with Gasteiger partial charge in [0.2, 0.25) is 0 Å². The molecular weight excluding hydrogens is 322 g/mol. The largest absolute Gasteiger partial charge is 0.382 e. The fourth-order valence-corrected chi connectivity index (χ4v) is 3.85. The smallest absolute Gasteiger partial charge is 0.160 e. The molecule has 4 rings (SSSR count). The summed E-state index contributed by atoms with van der Waals surface area (Å²) in [5, 5.41) is 11.9. The number of aryl methyl sites for hydroxylation is 2. The third kappa shape index (κ3) is 2.40. The van der Waals surface area contributed by atoms with Gasteiger partial charge in [0.1, 0.15) is 0 Å². The van der Waals surface area contributed by atoms with Gasteiger partial charge in [0, 0.05) is 5.69 Å². The predicted octanol–water partition coefficient (Wildman–Crippen LogP) is 4.38. The maximum atomic E-state index is 6.67. The molecule has 2 heterocycles. The van der Waals surface area contributed by atoms with E-state index in [1.807, 2.05) is 0 Å². The first-order valence-corrected chi connectivity index (χ1v) is 8.76. The number of rotatable bonds is 4. The van der Waals surface area contributed by atoms with Crippen molar-refractivity contribution >= 4 is 40.0 Å². The third-order valence-electron chi connectivity index (χ3n) is 4.67. The van der Waals surface area contributed by atoms with Crippen LogP contribution in [0.3, 0.4) is 0 Å². The van der Waals surface area contributed by atoms with E-state index in [4.69, 9.17) is 17.3 Å². The summed E-state index contributed by atoms with van der Waals surface area (Å²) in [6, 6.07) is 6.37. The van der Waals surface area contributed by atoms with Gasteiger partial charge in [-0.15, -0.1) is 0 Å². The van der Waals surface area contributed by atoms with E-state index in [-0.39, 0.29) is 0 Å². The number of pyridine rings is 1. The number of anilines is 3. The molecule has 1 aliphatic carbocycles. The number of aromatic amines is 1. The van der Waals surface area contributed by atoms with Crippen molar-refractivity contribution in [1.82, 2.24) is 15.2 Å². The molecule has 2 aromatic heterocycles. The standard InChI is InChI=1S/C18H20ClN5/c1-2-5-12-14-16(20)23-24-17(14)22-18(15(12)19)21-13-9-4-7-10-6-3-8-11(10)13/h4,7,9H,2-3,5-6,8H2,1H3,(H4,20,21,22,23,24). The van der Waals surface area contributed by atoms with E-state index < -0.39 is 0 Å². The Labute approximate surface area is 145 Å². The number of hydrogen-bond acceptors (Lipinski definition) is 4. The van der Waals surface area contributed by atoms with Gasteiger partial charge in [0.15, 0.2) is 17.3 Å². The number of nitrogens with zero attached hydrogens (tertiary/aromatic N) is 2. The molecule has 0 spiro atoms. The molecular formula is C18H20ClN5. The molecule has 0 bridgehead atoms. The van der Waals surface area contributed by atoms with Gasteiger partial charge in [0.25, 0.3) is 0 Å². The molecule has 0 atom stereocenters. The number of hydrogen-bond donors (Lipinski definition) is 3. The van der Waals surface area contributed by atoms with Gasteiger partial charge in [0.05, 0.1) is 10.4 Å². The van der Waals surface area contributed by atoms with Gasteiger partial charge in [-0.25, -0.2) is 4.98 Å². The van der Waals surface area contributed by atoms with E-state index in [0.717, 1.165) is 42.3 Å². The molecule has 3 aromatic rings. The molecule has 1 aromatic carbocycles. The summed E-state index contributed by atoms with van der Waals surface area (Å²) in [5.41, 5.74) is 11.5. The zero-order valence-electron chi connectivity index (χ0n) is 13.6. The van der Waals surface area contributed by atoms with Crippen LogP contribution in [0.4, 0.5) is 17.3 Å². The van der Waals surface area contributed by atoms with Crippen LogP contribution in [0, 0.1) is 0 Å². The highest BCUT2D eigenvalue weighted by molar-refractivity contribution is 6.35. The van der Waals surface area contributed by atoms with Crippen molar-refractivity contribution < 1.29 is 0 Å². The molecule has 0 radical (unpaired) electrons. The van der Waals surface area contributed by atoms with E-state index in [1.54, 1.807) is 0 Å². The van der Waals surface area contributed by atoms with Crippen molar-refractivity contribution in [3.63, 3.8) is 0 Å². The number of benzene rings is 1. The van der Waals surface area contributed by atoms with E-state index in [1.165, 1.54) is 17.5 Å². The molecule has 5 nitrogen and oxygen atoms in total. The highest BCUT2D eigenvalue weighted by Gasteiger charge is 2.19. The number of aromatic nitrogens is 3. The summed E-state index contributed by atoms with van der Waals surface area (Å²) >= 11 is 6.67. The Morgan fingerprint density at radius 3 is 3.04 bits per heavy atom. The van der Waals surface area contributed by atoms with Crippen LogP contribution in [0.2, 0.25) is 5.02 Å². The second-order valence-electron chi connectivity index (χ2n) is 6.26. The van der Waals surface area contributed by atoms with Crippen molar-refractivity contribution in [1.29, 1.82) is 0 Å². The number of halogens is 1. The van der Waals surface area contributed by atoms with Gasteiger partial charge >= 0.3 is 0 Å². The van der Waals surface area contributed by atoms with E-state index in [0.29, 0.717) is 22.3 Å². The molecule has 0 fully saturated rings. The zero-order chi connectivity index (χ0) is 16.7. The minimum absolute atomic E-state index is 0.454. The Bertz CT molecular complexity index is 915. The minimum Gasteiger partial charge on any atom is -0.382 e. The molecule has 0 unspecified atom stereocenters. The van der Waals surface area contributed by atoms with E-state index in [2.05, 4.69) is 45.6 Å². The molecule has 0 saturated carbocycles. The lowest BCUT2D eigenvalue weighted by Gasteiger charge is -2.14. The Morgan fingerprint density at radius 1 is 1.33 bits per heavy atom. The van der Waals surface area contributed by atoms with E-state index >= 15 is 0 Å². The molecule has 1 aliphatic rings. The van der Waals surface area contributed by atoms with Crippen LogP contribution in [0.1, 0.15) is 36.5 Å². The van der Waals surface area contributed by atoms with Crippen molar-refractivity contribution in [2.75, 3.05) is 11.1 Å². The second-order valence-corrected chi connectivity index (χ2v) is 6.64. The number of fused-ring (bicyclic) bond motifs is 2. The second kappa shape index (κ2) is 5.98. The Hall–Kier alpha value is -2.27. The minimum atomic E-state index is 0.454. The van der Waals surface area contributed by atoms with Crippen LogP contribution < -0.4 is 11.1 Å². The molecule has 124 valence electrons. The fraction of sp³-hybridized carbons (Fsp3) is 0.333. The summed E-state index contributed by atoms with van der Waals surface area (Å²) in [5.74, 6) is 1.12. The van der Waals surface area contributed by atoms with Crippen molar-refractivity contribution in [2.24, 2.45) is 0 Å². The summed E-state index contributed by atoms with van der Waals surface area (Å²) in [7, 11) is 0. The average molecular weight is 342 g/mol. The molecule has 24 heavy (non-hydrogen) atoms. The Kier molecular flexibility index (Phi) is 3.81. The SMILES string of the molecule is CCCc1c(Cl)c(Nc2cccc3c2CCC3)nc2[nH]nc(N)c12. The Balaban J connectivity index is 1.83. The quantitative estimate of drug-likeness (QED) is 0.658. The maximum Gasteiger partial charge on any atom is 0.160 e. The van der Waals surface area contributed by atoms with Crippen LogP contribution in [-0.4, -0.2) is 15.2 Å². The Morgan fingerprint density at radius 2 is 2.21 bits per heavy atom. The van der Waals surface area contributed by atoms with Gasteiger partial charge in [-0.2, -0.15) is 5.10 Å². The highest BCUT2D eigenvalue weighted by atomic mass is 35.5. The number of nitrogens with two attached hydrogens (primary N) is 1. The molecule has 0 amide bonds. The van der Waals surface area contributed by atoms with Crippen LogP contribution in [0.5, 0.6) is 0 Å². The molecule has 0 saturated heterocycles. The number of H-pyrrole nitrogens is 1. The van der Waals surface area contributed by atoms with Crippen LogP contribution >= 0.6 is 11.6 Å². The van der Waals surface area contributed by atoms with Crippen LogP contribution in [0.25, 0.3) is 11.0 Å². The number of nitrogen functional groups attached to an aromatic ring is 1.